The summed E-state index contributed by atoms with van der Waals surface area (Å²) in [6.45, 7) is -0.194. The Kier molecular flexibility index (Phi) is 4.04. The Bertz CT molecular complexity index is 679. The highest BCUT2D eigenvalue weighted by Crippen LogP contribution is 2.52. The zero-order valence-corrected chi connectivity index (χ0v) is 12.9. The molecule has 1 unspecified atom stereocenters. The lowest BCUT2D eigenvalue weighted by molar-refractivity contribution is -0.0668. The van der Waals surface area contributed by atoms with Crippen LogP contribution in [0.4, 0.5) is 5.82 Å². The van der Waals surface area contributed by atoms with Crippen LogP contribution in [0.25, 0.3) is 0 Å². The van der Waals surface area contributed by atoms with E-state index in [1.54, 1.807) is 0 Å². The number of hydrogen-bond donors (Lipinski definition) is 4. The minimum absolute atomic E-state index is 0.0481. The highest BCUT2D eigenvalue weighted by atomic mass is 31.2. The molecule has 0 saturated carbocycles. The summed E-state index contributed by atoms with van der Waals surface area (Å²) in [6, 6.07) is 0. The van der Waals surface area contributed by atoms with Crippen LogP contribution in [-0.2, 0) is 23.2 Å². The molecule has 2 saturated heterocycles. The smallest absolute Gasteiger partial charge is 0.397 e. The lowest BCUT2D eigenvalue weighted by Gasteiger charge is -2.27. The van der Waals surface area contributed by atoms with Gasteiger partial charge in [0, 0.05) is 0 Å². The number of aromatic nitrogens is 2. The Morgan fingerprint density at radius 3 is 3.09 bits per heavy atom. The van der Waals surface area contributed by atoms with Crippen molar-refractivity contribution in [3.8, 4) is 0 Å². The molecule has 0 spiro atoms. The van der Waals surface area contributed by atoms with Crippen molar-refractivity contribution in [2.75, 3.05) is 19.5 Å². The number of oxime groups is 1. The lowest BCUT2D eigenvalue weighted by atomic mass is 10.1. The molecular formula is C10H16N5O7P. The molecule has 128 valence electrons. The molecule has 0 amide bonds. The van der Waals surface area contributed by atoms with E-state index in [9.17, 15) is 14.6 Å². The van der Waals surface area contributed by atoms with Crippen LogP contribution in [0.15, 0.2) is 11.5 Å². The van der Waals surface area contributed by atoms with E-state index in [1.165, 1.54) is 18.0 Å². The minimum atomic E-state index is -4.20. The van der Waals surface area contributed by atoms with Gasteiger partial charge in [-0.15, -0.1) is 0 Å². The third-order valence-electron chi connectivity index (χ3n) is 3.50. The third-order valence-corrected chi connectivity index (χ3v) is 4.49. The summed E-state index contributed by atoms with van der Waals surface area (Å²) in [5.41, 5.74) is 11.7. The van der Waals surface area contributed by atoms with Crippen LogP contribution in [0, 0.1) is 0 Å². The molecule has 12 nitrogen and oxygen atoms in total. The Hall–Kier alpha value is -1.69. The molecule has 2 aliphatic heterocycles. The van der Waals surface area contributed by atoms with Crippen molar-refractivity contribution >= 4 is 19.5 Å². The van der Waals surface area contributed by atoms with Crippen LogP contribution < -0.4 is 11.5 Å². The number of hydrogen-bond acceptors (Lipinski definition) is 9. The van der Waals surface area contributed by atoms with Gasteiger partial charge in [0.05, 0.1) is 12.9 Å². The van der Waals surface area contributed by atoms with Crippen LogP contribution >= 0.6 is 7.82 Å². The molecule has 23 heavy (non-hydrogen) atoms. The molecule has 0 radical (unpaired) electrons. The summed E-state index contributed by atoms with van der Waals surface area (Å²) in [7, 11) is -2.88. The van der Waals surface area contributed by atoms with Crippen molar-refractivity contribution < 1.29 is 33.2 Å². The van der Waals surface area contributed by atoms with Gasteiger partial charge in [-0.3, -0.25) is 13.6 Å². The number of phosphoric acid groups is 1. The molecule has 2 aliphatic rings. The summed E-state index contributed by atoms with van der Waals surface area (Å²) < 4.78 is 27.9. The monoisotopic (exact) mass is 349 g/mol. The van der Waals surface area contributed by atoms with E-state index in [-0.39, 0.29) is 24.0 Å². The Balaban J connectivity index is 1.86. The molecule has 1 aromatic heterocycles. The number of fused-ring (bicyclic) bond motifs is 1. The molecule has 3 heterocycles. The van der Waals surface area contributed by atoms with Crippen molar-refractivity contribution in [2.24, 2.45) is 10.9 Å². The van der Waals surface area contributed by atoms with Crippen LogP contribution in [-0.4, -0.2) is 57.4 Å². The highest BCUT2D eigenvalue weighted by molar-refractivity contribution is 7.47. The number of aliphatic hydroxyl groups is 1. The quantitative estimate of drug-likeness (QED) is 0.217. The van der Waals surface area contributed by atoms with Crippen molar-refractivity contribution in [3.63, 3.8) is 0 Å². The Morgan fingerprint density at radius 2 is 2.39 bits per heavy atom. The van der Waals surface area contributed by atoms with E-state index >= 15 is 0 Å². The number of rotatable bonds is 3. The van der Waals surface area contributed by atoms with Crippen LogP contribution in [0.5, 0.6) is 0 Å². The number of imidazole rings is 1. The molecule has 2 fully saturated rings. The maximum Gasteiger partial charge on any atom is 0.472 e. The predicted molar refractivity (Wildman–Crippen MR) is 74.9 cm³/mol. The van der Waals surface area contributed by atoms with E-state index in [2.05, 4.69) is 19.5 Å². The highest BCUT2D eigenvalue weighted by Gasteiger charge is 2.52. The maximum atomic E-state index is 11.5. The van der Waals surface area contributed by atoms with Crippen LogP contribution in [0.2, 0.25) is 0 Å². The van der Waals surface area contributed by atoms with Gasteiger partial charge in [-0.1, -0.05) is 5.16 Å². The van der Waals surface area contributed by atoms with E-state index in [1.807, 2.05) is 0 Å². The fourth-order valence-corrected chi connectivity index (χ4v) is 3.44. The number of amidine groups is 1. The van der Waals surface area contributed by atoms with Gasteiger partial charge in [-0.25, -0.2) is 9.55 Å². The molecule has 0 bridgehead atoms. The first-order valence-corrected chi connectivity index (χ1v) is 8.02. The fraction of sp³-hybridized carbons (Fsp3) is 0.600. The second-order valence-corrected chi connectivity index (χ2v) is 6.34. The molecule has 1 aromatic rings. The number of nitrogens with zero attached hydrogens (tertiary/aromatic N) is 3. The number of nitrogens with two attached hydrogens (primary N) is 2. The molecule has 6 N–H and O–H groups in total. The van der Waals surface area contributed by atoms with E-state index < -0.39 is 32.4 Å². The molecular weight excluding hydrogens is 333 g/mol. The van der Waals surface area contributed by atoms with Gasteiger partial charge < -0.3 is 31.0 Å². The summed E-state index contributed by atoms with van der Waals surface area (Å²) in [6.07, 6.45) is -2.69. The lowest BCUT2D eigenvalue weighted by Crippen LogP contribution is -2.39. The predicted octanol–water partition coefficient (Wildman–Crippen LogP) is -1.49. The first-order chi connectivity index (χ1) is 10.8. The van der Waals surface area contributed by atoms with Gasteiger partial charge in [0.2, 0.25) is 0 Å². The molecule has 13 heteroatoms. The Morgan fingerprint density at radius 1 is 1.65 bits per heavy atom. The van der Waals surface area contributed by atoms with E-state index in [0.29, 0.717) is 0 Å². The van der Waals surface area contributed by atoms with Gasteiger partial charge >= 0.3 is 7.82 Å². The van der Waals surface area contributed by atoms with Crippen LogP contribution in [0.3, 0.4) is 0 Å². The summed E-state index contributed by atoms with van der Waals surface area (Å²) in [5, 5.41) is 13.8. The first kappa shape index (κ1) is 16.2. The SMILES string of the molecule is CO/N=C(\N)c1ncn([C@@H]2O[C@@H]3COP(=O)(O)O[C@H]3[C@H]2O)c1N. The van der Waals surface area contributed by atoms with Crippen LogP contribution in [0.1, 0.15) is 11.9 Å². The molecule has 3 rings (SSSR count). The average Bonchev–Trinajstić information content (AvgIpc) is 3.00. The van der Waals surface area contributed by atoms with Gasteiger partial charge in [0.15, 0.2) is 17.8 Å². The average molecular weight is 349 g/mol. The fourth-order valence-electron chi connectivity index (χ4n) is 2.48. The zero-order valence-electron chi connectivity index (χ0n) is 12.0. The van der Waals surface area contributed by atoms with E-state index in [0.717, 1.165) is 0 Å². The number of ether oxygens (including phenoxy) is 1. The zero-order chi connectivity index (χ0) is 16.8. The van der Waals surface area contributed by atoms with Gasteiger partial charge in [-0.05, 0) is 0 Å². The van der Waals surface area contributed by atoms with Crippen molar-refractivity contribution in [1.82, 2.24) is 9.55 Å². The van der Waals surface area contributed by atoms with Gasteiger partial charge in [-0.2, -0.15) is 0 Å². The van der Waals surface area contributed by atoms with Crippen molar-refractivity contribution in [1.29, 1.82) is 0 Å². The molecule has 0 aliphatic carbocycles. The summed E-state index contributed by atoms with van der Waals surface area (Å²) >= 11 is 0. The number of nitrogen functional groups attached to an aromatic ring is 1. The number of anilines is 1. The molecule has 5 atom stereocenters. The van der Waals surface area contributed by atoms with Crippen molar-refractivity contribution in [2.45, 2.75) is 24.5 Å². The minimum Gasteiger partial charge on any atom is -0.397 e. The third kappa shape index (κ3) is 2.80. The summed E-state index contributed by atoms with van der Waals surface area (Å²) in [4.78, 5) is 17.9. The topological polar surface area (TPSA) is 177 Å². The second kappa shape index (κ2) is 5.74. The van der Waals surface area contributed by atoms with Gasteiger partial charge in [0.25, 0.3) is 0 Å². The second-order valence-electron chi connectivity index (χ2n) is 4.93. The standard InChI is InChI=1S/C10H16N5O7P/c1-19-14-8(11)5-9(12)15(3-13-5)10-6(16)7-4(21-10)2-20-23(17,18)22-7/h3-4,6-7,10,16H,2,12H2,1H3,(H2,11,14)(H,17,18)/t4-,6-,7-,10-/m1/s1. The molecule has 0 aromatic carbocycles. The normalized spacial score (nSPS) is 37.6. The first-order valence-electron chi connectivity index (χ1n) is 6.52. The number of phosphoric ester groups is 1. The van der Waals surface area contributed by atoms with Gasteiger partial charge in [0.1, 0.15) is 31.2 Å². The maximum absolute atomic E-state index is 11.5. The number of aliphatic hydroxyl groups excluding tert-OH is 1. The van der Waals surface area contributed by atoms with E-state index in [4.69, 9.17) is 20.7 Å². The van der Waals surface area contributed by atoms with Crippen molar-refractivity contribution in [3.05, 3.63) is 12.0 Å². The Labute approximate surface area is 130 Å². The largest absolute Gasteiger partial charge is 0.472 e. The summed E-state index contributed by atoms with van der Waals surface area (Å²) in [5.74, 6) is 0.0344.